The molecule has 0 saturated carbocycles. The van der Waals surface area contributed by atoms with E-state index in [-0.39, 0.29) is 18.1 Å². The molecule has 0 radical (unpaired) electrons. The Balaban J connectivity index is 0.00000225. The van der Waals surface area contributed by atoms with Crippen LogP contribution in [-0.4, -0.2) is 6.03 Å². The number of carbonyl (C=O) groups excluding carboxylic acids is 1. The first kappa shape index (κ1) is 11.6. The highest BCUT2D eigenvalue weighted by atomic mass is 35.5. The van der Waals surface area contributed by atoms with E-state index in [4.69, 9.17) is 7.10 Å². The fourth-order valence-electron chi connectivity index (χ4n) is 0.840. The lowest BCUT2D eigenvalue weighted by atomic mass is 10.2. The molecule has 0 bridgehead atoms. The van der Waals surface area contributed by atoms with E-state index < -0.39 is 23.8 Å². The van der Waals surface area contributed by atoms with Crippen molar-refractivity contribution in [3.8, 4) is 0 Å². The monoisotopic (exact) mass is 241 g/mol. The molecule has 3 N–H and O–H groups in total. The van der Waals surface area contributed by atoms with Crippen LogP contribution in [0.15, 0.2) is 24.2 Å². The summed E-state index contributed by atoms with van der Waals surface area (Å²) >= 11 is 0. The van der Waals surface area contributed by atoms with Gasteiger partial charge < -0.3 is 11.1 Å². The number of hydrogen-bond acceptors (Lipinski definition) is 1. The van der Waals surface area contributed by atoms with Gasteiger partial charge in [-0.2, -0.15) is 13.2 Å². The molecule has 0 aliphatic carbocycles. The molecule has 0 spiro atoms. The maximum absolute atomic E-state index is 12.3. The van der Waals surface area contributed by atoms with Crippen molar-refractivity contribution in [1.82, 2.24) is 0 Å². The summed E-state index contributed by atoms with van der Waals surface area (Å²) in [7, 11) is 0. The van der Waals surface area contributed by atoms with E-state index in [1.807, 2.05) is 5.32 Å². The number of benzene rings is 1. The van der Waals surface area contributed by atoms with Crippen LogP contribution in [0.4, 0.5) is 23.7 Å². The number of urea groups is 1. The Morgan fingerprint density at radius 2 is 2.07 bits per heavy atom. The zero-order chi connectivity index (χ0) is 11.6. The van der Waals surface area contributed by atoms with Crippen molar-refractivity contribution in [3.05, 3.63) is 29.8 Å². The van der Waals surface area contributed by atoms with E-state index in [9.17, 15) is 18.0 Å². The van der Waals surface area contributed by atoms with E-state index >= 15 is 0 Å². The zero-order valence-corrected chi connectivity index (χ0v) is 8.08. The summed E-state index contributed by atoms with van der Waals surface area (Å²) < 4.78 is 44.1. The Kier molecular flexibility index (Phi) is 3.79. The van der Waals surface area contributed by atoms with Crippen LogP contribution in [0.5, 0.6) is 0 Å². The van der Waals surface area contributed by atoms with Gasteiger partial charge in [-0.3, -0.25) is 0 Å². The number of nitrogens with two attached hydrogens (primary N) is 1. The first-order chi connectivity index (χ1) is 6.82. The Morgan fingerprint density at radius 3 is 2.53 bits per heavy atom. The smallest absolute Gasteiger partial charge is 0.351 e. The van der Waals surface area contributed by atoms with Crippen LogP contribution in [-0.2, 0) is 6.18 Å². The largest absolute Gasteiger partial charge is 0.416 e. The molecule has 1 aromatic carbocycles. The lowest BCUT2D eigenvalue weighted by Crippen LogP contribution is -2.19. The third-order valence-corrected chi connectivity index (χ3v) is 1.36. The lowest BCUT2D eigenvalue weighted by molar-refractivity contribution is -0.137. The molecule has 84 valence electrons. The molecule has 0 unspecified atom stereocenters. The van der Waals surface area contributed by atoms with Gasteiger partial charge in [0.1, 0.15) is 0 Å². The highest BCUT2D eigenvalue weighted by Crippen LogP contribution is 2.30. The van der Waals surface area contributed by atoms with Crippen LogP contribution >= 0.6 is 12.4 Å². The standard InChI is InChI=1S/C8H7F3N2O.ClH/c9-8(10,11)5-2-1-3-6(4-5)13-7(12)14;/h1-4H,(H3,12,13,14);1H/i4D;. The predicted octanol–water partition coefficient (Wildman–Crippen LogP) is 2.62. The average molecular weight is 242 g/mol. The maximum atomic E-state index is 12.3. The summed E-state index contributed by atoms with van der Waals surface area (Å²) in [5.41, 5.74) is 3.35. The van der Waals surface area contributed by atoms with E-state index in [2.05, 4.69) is 0 Å². The molecule has 0 fully saturated rings. The molecule has 1 aromatic rings. The molecule has 2 amide bonds. The second-order valence-electron chi connectivity index (χ2n) is 2.47. The fraction of sp³-hybridized carbons (Fsp3) is 0.125. The fourth-order valence-corrected chi connectivity index (χ4v) is 0.840. The number of halogens is 4. The molecule has 0 aliphatic rings. The molecule has 0 heterocycles. The SMILES string of the molecule is Cl.[2H]c1c(NC(N)=O)cccc1C(F)(F)F. The van der Waals surface area contributed by atoms with Crippen LogP contribution in [0.25, 0.3) is 0 Å². The minimum Gasteiger partial charge on any atom is -0.351 e. The highest BCUT2D eigenvalue weighted by Gasteiger charge is 2.30. The van der Waals surface area contributed by atoms with Gasteiger partial charge in [-0.1, -0.05) is 6.07 Å². The van der Waals surface area contributed by atoms with Crippen molar-refractivity contribution >= 4 is 24.1 Å². The van der Waals surface area contributed by atoms with Gasteiger partial charge in [-0.15, -0.1) is 12.4 Å². The molecule has 3 nitrogen and oxygen atoms in total. The number of amides is 2. The second-order valence-corrected chi connectivity index (χ2v) is 2.47. The van der Waals surface area contributed by atoms with Gasteiger partial charge in [0.15, 0.2) is 0 Å². The van der Waals surface area contributed by atoms with Crippen LogP contribution in [0.1, 0.15) is 6.93 Å². The summed E-state index contributed by atoms with van der Waals surface area (Å²) in [6.07, 6.45) is -4.62. The Labute approximate surface area is 91.3 Å². The zero-order valence-electron chi connectivity index (χ0n) is 8.26. The third kappa shape index (κ3) is 4.07. The normalized spacial score (nSPS) is 11.3. The third-order valence-electron chi connectivity index (χ3n) is 1.36. The molecule has 1 rings (SSSR count). The van der Waals surface area contributed by atoms with E-state index in [1.165, 1.54) is 6.07 Å². The molecular formula is C8H8ClF3N2O. The number of rotatable bonds is 1. The van der Waals surface area contributed by atoms with Gasteiger partial charge in [0.2, 0.25) is 0 Å². The van der Waals surface area contributed by atoms with Gasteiger partial charge >= 0.3 is 12.2 Å². The number of alkyl halides is 3. The summed E-state index contributed by atoms with van der Waals surface area (Å²) in [6, 6.07) is 1.20. The molecule has 0 saturated heterocycles. The van der Waals surface area contributed by atoms with E-state index in [0.29, 0.717) is 0 Å². The quantitative estimate of drug-likeness (QED) is 0.780. The van der Waals surface area contributed by atoms with Crippen molar-refractivity contribution in [2.24, 2.45) is 5.73 Å². The second kappa shape index (κ2) is 4.88. The highest BCUT2D eigenvalue weighted by molar-refractivity contribution is 5.87. The number of hydrogen-bond donors (Lipinski definition) is 2. The topological polar surface area (TPSA) is 55.1 Å². The van der Waals surface area contributed by atoms with Crippen LogP contribution in [0.2, 0.25) is 0 Å². The van der Waals surface area contributed by atoms with Gasteiger partial charge in [0, 0.05) is 5.69 Å². The van der Waals surface area contributed by atoms with E-state index in [0.717, 1.165) is 12.1 Å². The lowest BCUT2D eigenvalue weighted by Gasteiger charge is -2.08. The first-order valence-corrected chi connectivity index (χ1v) is 3.55. The maximum Gasteiger partial charge on any atom is 0.416 e. The van der Waals surface area contributed by atoms with Gasteiger partial charge in [-0.05, 0) is 18.2 Å². The Morgan fingerprint density at radius 1 is 1.47 bits per heavy atom. The molecular weight excluding hydrogens is 233 g/mol. The first-order valence-electron chi connectivity index (χ1n) is 4.05. The number of anilines is 1. The molecule has 0 atom stereocenters. The predicted molar refractivity (Wildman–Crippen MR) is 51.9 cm³/mol. The molecule has 15 heavy (non-hydrogen) atoms. The summed E-state index contributed by atoms with van der Waals surface area (Å²) in [4.78, 5) is 10.4. The van der Waals surface area contributed by atoms with Crippen molar-refractivity contribution < 1.29 is 19.3 Å². The minimum absolute atomic E-state index is 0. The Bertz CT molecular complexity index is 397. The van der Waals surface area contributed by atoms with Crippen LogP contribution < -0.4 is 11.1 Å². The average Bonchev–Trinajstić information content (AvgIpc) is 2.05. The number of primary amides is 1. The number of nitrogens with one attached hydrogen (secondary N) is 1. The Hall–Kier alpha value is -1.43. The van der Waals surface area contributed by atoms with E-state index in [1.54, 1.807) is 0 Å². The van der Waals surface area contributed by atoms with Crippen molar-refractivity contribution in [2.75, 3.05) is 5.32 Å². The van der Waals surface area contributed by atoms with Crippen LogP contribution in [0, 0.1) is 0 Å². The minimum atomic E-state index is -4.62. The number of carbonyl (C=O) groups is 1. The van der Waals surface area contributed by atoms with Crippen molar-refractivity contribution in [3.63, 3.8) is 0 Å². The summed E-state index contributed by atoms with van der Waals surface area (Å²) in [5.74, 6) is 0. The summed E-state index contributed by atoms with van der Waals surface area (Å²) in [6.45, 7) is 0. The van der Waals surface area contributed by atoms with Gasteiger partial charge in [0.05, 0.1) is 6.93 Å². The van der Waals surface area contributed by atoms with Crippen molar-refractivity contribution in [1.29, 1.82) is 0 Å². The molecule has 0 aliphatic heterocycles. The molecule has 7 heteroatoms. The summed E-state index contributed by atoms with van der Waals surface area (Å²) in [5, 5.41) is 1.94. The molecule has 0 aromatic heterocycles. The van der Waals surface area contributed by atoms with Crippen molar-refractivity contribution in [2.45, 2.75) is 6.18 Å². The van der Waals surface area contributed by atoms with Gasteiger partial charge in [0.25, 0.3) is 0 Å². The van der Waals surface area contributed by atoms with Crippen LogP contribution in [0.3, 0.4) is 0 Å². The van der Waals surface area contributed by atoms with Gasteiger partial charge in [-0.25, -0.2) is 4.79 Å².